The van der Waals surface area contributed by atoms with Crippen LogP contribution in [0.25, 0.3) is 11.1 Å². The molecule has 2 aromatic carbocycles. The van der Waals surface area contributed by atoms with Gasteiger partial charge in [0.15, 0.2) is 11.6 Å². The van der Waals surface area contributed by atoms with Crippen LogP contribution < -0.4 is 0 Å². The highest BCUT2D eigenvalue weighted by molar-refractivity contribution is 5.64. The van der Waals surface area contributed by atoms with E-state index in [0.717, 1.165) is 36.5 Å². The number of hydrogen-bond donors (Lipinski definition) is 0. The summed E-state index contributed by atoms with van der Waals surface area (Å²) in [6.45, 7) is 2.25. The molecule has 3 heteroatoms. The van der Waals surface area contributed by atoms with E-state index < -0.39 is 11.6 Å². The molecule has 0 nitrogen and oxygen atoms in total. The minimum Gasteiger partial charge on any atom is -0.206 e. The number of benzene rings is 2. The second kappa shape index (κ2) is 6.15. The number of rotatable bonds is 2. The molecule has 1 fully saturated rings. The van der Waals surface area contributed by atoms with E-state index in [1.807, 2.05) is 6.07 Å². The second-order valence-electron chi connectivity index (χ2n) is 6.32. The van der Waals surface area contributed by atoms with Crippen LogP contribution in [0.1, 0.15) is 45.5 Å². The monoisotopic (exact) mass is 306 g/mol. The molecule has 0 bridgehead atoms. The maximum absolute atomic E-state index is 14.4. The molecule has 118 valence electrons. The number of hydrogen-bond acceptors (Lipinski definition) is 0. The van der Waals surface area contributed by atoms with Gasteiger partial charge >= 0.3 is 0 Å². The van der Waals surface area contributed by atoms with E-state index in [-0.39, 0.29) is 7.24 Å². The molecule has 1 aliphatic carbocycles. The van der Waals surface area contributed by atoms with E-state index in [2.05, 4.69) is 6.92 Å². The van der Waals surface area contributed by atoms with Crippen molar-refractivity contribution in [3.63, 3.8) is 0 Å². The van der Waals surface area contributed by atoms with Gasteiger partial charge in [-0.3, -0.25) is 0 Å². The summed E-state index contributed by atoms with van der Waals surface area (Å²) in [6, 6.07) is 8.61. The van der Waals surface area contributed by atoms with Crippen molar-refractivity contribution in [3.8, 4) is 11.1 Å². The van der Waals surface area contributed by atoms with Crippen molar-refractivity contribution in [2.45, 2.75) is 38.5 Å². The average Bonchev–Trinajstić information content (AvgIpc) is 2.51. The van der Waals surface area contributed by atoms with Gasteiger partial charge in [-0.15, -0.1) is 0 Å². The Morgan fingerprint density at radius 2 is 1.55 bits per heavy atom. The molecule has 0 amide bonds. The largest absolute Gasteiger partial charge is 0.206 e. The lowest BCUT2D eigenvalue weighted by molar-refractivity contribution is 0.347. The van der Waals surface area contributed by atoms with Crippen molar-refractivity contribution in [2.75, 3.05) is 0 Å². The smallest absolute Gasteiger partial charge is 0.159 e. The summed E-state index contributed by atoms with van der Waals surface area (Å²) in [7, 11) is 0. The van der Waals surface area contributed by atoms with Gasteiger partial charge in [-0.1, -0.05) is 38.0 Å². The SMILES string of the molecule is CC1CCC(c2ccc(-c3ccc(F)c(F)c3)c(F)c2)CC1.[HH]. The predicted octanol–water partition coefficient (Wildman–Crippen LogP) is 6.31. The summed E-state index contributed by atoms with van der Waals surface area (Å²) in [6.07, 6.45) is 4.53. The van der Waals surface area contributed by atoms with Crippen molar-refractivity contribution < 1.29 is 14.6 Å². The van der Waals surface area contributed by atoms with Crippen LogP contribution in [0.15, 0.2) is 36.4 Å². The van der Waals surface area contributed by atoms with Crippen LogP contribution in [0.3, 0.4) is 0 Å². The van der Waals surface area contributed by atoms with Gasteiger partial charge in [0.25, 0.3) is 0 Å². The molecule has 0 N–H and O–H groups in total. The summed E-state index contributed by atoms with van der Waals surface area (Å²) in [4.78, 5) is 0. The summed E-state index contributed by atoms with van der Waals surface area (Å²) in [5, 5.41) is 0. The van der Waals surface area contributed by atoms with Crippen LogP contribution in [0, 0.1) is 23.4 Å². The Labute approximate surface area is 130 Å². The Morgan fingerprint density at radius 3 is 2.18 bits per heavy atom. The van der Waals surface area contributed by atoms with Gasteiger partial charge < -0.3 is 0 Å². The number of halogens is 3. The normalized spacial score (nSPS) is 21.8. The molecule has 3 rings (SSSR count). The molecule has 0 atom stereocenters. The zero-order chi connectivity index (χ0) is 15.7. The maximum atomic E-state index is 14.4. The Morgan fingerprint density at radius 1 is 0.818 bits per heavy atom. The van der Waals surface area contributed by atoms with Crippen molar-refractivity contribution in [2.24, 2.45) is 5.92 Å². The Bertz CT molecular complexity index is 676. The molecule has 0 unspecified atom stereocenters. The maximum Gasteiger partial charge on any atom is 0.159 e. The molecule has 0 aromatic heterocycles. The van der Waals surface area contributed by atoms with Crippen molar-refractivity contribution in [1.82, 2.24) is 0 Å². The van der Waals surface area contributed by atoms with Gasteiger partial charge in [0.2, 0.25) is 0 Å². The minimum absolute atomic E-state index is 0. The quantitative estimate of drug-likeness (QED) is 0.610. The summed E-state index contributed by atoms with van der Waals surface area (Å²) in [5.41, 5.74) is 1.68. The first kappa shape index (κ1) is 15.1. The van der Waals surface area contributed by atoms with E-state index in [1.54, 1.807) is 12.1 Å². The zero-order valence-electron chi connectivity index (χ0n) is 12.6. The fraction of sp³-hybridized carbons (Fsp3) is 0.368. The second-order valence-corrected chi connectivity index (χ2v) is 6.32. The lowest BCUT2D eigenvalue weighted by Gasteiger charge is -2.26. The van der Waals surface area contributed by atoms with Gasteiger partial charge in [0.1, 0.15) is 5.82 Å². The lowest BCUT2D eigenvalue weighted by Crippen LogP contribution is -2.11. The molecule has 0 spiro atoms. The average molecular weight is 306 g/mol. The molecule has 2 aromatic rings. The van der Waals surface area contributed by atoms with Crippen molar-refractivity contribution in [3.05, 3.63) is 59.4 Å². The molecule has 1 aliphatic rings. The fourth-order valence-electron chi connectivity index (χ4n) is 3.28. The van der Waals surface area contributed by atoms with Gasteiger partial charge in [0, 0.05) is 6.99 Å². The van der Waals surface area contributed by atoms with Crippen molar-refractivity contribution in [1.29, 1.82) is 0 Å². The van der Waals surface area contributed by atoms with Crippen LogP contribution in [0.4, 0.5) is 13.2 Å². The minimum atomic E-state index is -0.956. The lowest BCUT2D eigenvalue weighted by atomic mass is 9.79. The molecule has 1 saturated carbocycles. The van der Waals surface area contributed by atoms with Crippen molar-refractivity contribution >= 4 is 0 Å². The highest BCUT2D eigenvalue weighted by Gasteiger charge is 2.20. The highest BCUT2D eigenvalue weighted by Crippen LogP contribution is 2.37. The first-order chi connectivity index (χ1) is 10.5. The molecule has 0 aliphatic heterocycles. The third kappa shape index (κ3) is 3.03. The van der Waals surface area contributed by atoms with Gasteiger partial charge in [-0.2, -0.15) is 0 Å². The summed E-state index contributed by atoms with van der Waals surface area (Å²) >= 11 is 0. The molecule has 0 heterocycles. The van der Waals surface area contributed by atoms with E-state index in [0.29, 0.717) is 17.0 Å². The molecule has 22 heavy (non-hydrogen) atoms. The topological polar surface area (TPSA) is 0 Å². The molecular formula is C19H21F3. The van der Waals surface area contributed by atoms with Crippen LogP contribution in [-0.2, 0) is 0 Å². The Balaban J connectivity index is 0.00000192. The standard InChI is InChI=1S/C19H19F3.H2/c1-12-2-4-13(5-3-12)14-6-8-16(18(21)10-14)15-7-9-17(20)19(22)11-15;/h6-13H,2-5H2,1H3;1H. The zero-order valence-corrected chi connectivity index (χ0v) is 12.6. The van der Waals surface area contributed by atoms with Gasteiger partial charge in [-0.25, -0.2) is 13.2 Å². The molecule has 0 radical (unpaired) electrons. The highest BCUT2D eigenvalue weighted by atomic mass is 19.2. The first-order valence-electron chi connectivity index (χ1n) is 7.79. The molecule has 0 saturated heterocycles. The van der Waals surface area contributed by atoms with E-state index >= 15 is 0 Å². The van der Waals surface area contributed by atoms with Gasteiger partial charge in [-0.05, 0) is 54.0 Å². The van der Waals surface area contributed by atoms with Crippen LogP contribution in [0.5, 0.6) is 0 Å². The van der Waals surface area contributed by atoms with Gasteiger partial charge in [0.05, 0.1) is 0 Å². The predicted molar refractivity (Wildman–Crippen MR) is 84.2 cm³/mol. The Hall–Kier alpha value is -1.77. The van der Waals surface area contributed by atoms with E-state index in [9.17, 15) is 13.2 Å². The van der Waals surface area contributed by atoms with Crippen LogP contribution >= 0.6 is 0 Å². The Kier molecular flexibility index (Phi) is 4.23. The third-order valence-corrected chi connectivity index (χ3v) is 4.71. The van der Waals surface area contributed by atoms with Crippen LogP contribution in [-0.4, -0.2) is 0 Å². The summed E-state index contributed by atoms with van der Waals surface area (Å²) < 4.78 is 40.7. The van der Waals surface area contributed by atoms with E-state index in [1.165, 1.54) is 18.9 Å². The van der Waals surface area contributed by atoms with E-state index in [4.69, 9.17) is 0 Å². The first-order valence-corrected chi connectivity index (χ1v) is 7.79. The fourth-order valence-corrected chi connectivity index (χ4v) is 3.28. The third-order valence-electron chi connectivity index (χ3n) is 4.71. The summed E-state index contributed by atoms with van der Waals surface area (Å²) in [5.74, 6) is -1.09. The van der Waals surface area contributed by atoms with Crippen LogP contribution in [0.2, 0.25) is 0 Å². The molecular weight excluding hydrogens is 285 g/mol.